The molecule has 2 atom stereocenters. The maximum Gasteiger partial charge on any atom is 0.245 e. The first kappa shape index (κ1) is 14.1. The number of halogens is 1. The Morgan fingerprint density at radius 2 is 2.25 bits per heavy atom. The predicted octanol–water partition coefficient (Wildman–Crippen LogP) is 1.26. The van der Waals surface area contributed by atoms with Gasteiger partial charge in [0.1, 0.15) is 10.7 Å². The summed E-state index contributed by atoms with van der Waals surface area (Å²) < 4.78 is 32.6. The standard InChI is InChI=1S/C12H16ClN3O3S/c13-9-6-8(7-15-12(9)14)20(17,18)16-4-5-19-11-3-1-2-10(11)16/h6-7,10-11H,1-5H2,(H2,14,15). The number of hydrogen-bond acceptors (Lipinski definition) is 5. The van der Waals surface area contributed by atoms with Crippen molar-refractivity contribution in [3.05, 3.63) is 17.3 Å². The lowest BCUT2D eigenvalue weighted by molar-refractivity contribution is -0.0241. The summed E-state index contributed by atoms with van der Waals surface area (Å²) in [6.07, 6.45) is 4.01. The van der Waals surface area contributed by atoms with E-state index in [2.05, 4.69) is 4.98 Å². The van der Waals surface area contributed by atoms with Gasteiger partial charge in [-0.2, -0.15) is 4.31 Å². The number of nitrogens with two attached hydrogens (primary N) is 1. The van der Waals surface area contributed by atoms with E-state index in [1.165, 1.54) is 16.6 Å². The van der Waals surface area contributed by atoms with Crippen molar-refractivity contribution in [3.8, 4) is 0 Å². The molecule has 1 aliphatic carbocycles. The van der Waals surface area contributed by atoms with Crippen LogP contribution >= 0.6 is 11.6 Å². The Hall–Kier alpha value is -0.890. The molecular formula is C12H16ClN3O3S. The monoisotopic (exact) mass is 317 g/mol. The molecule has 6 nitrogen and oxygen atoms in total. The number of fused-ring (bicyclic) bond motifs is 1. The third-order valence-corrected chi connectivity index (χ3v) is 6.07. The van der Waals surface area contributed by atoms with Crippen molar-refractivity contribution in [2.75, 3.05) is 18.9 Å². The Balaban J connectivity index is 1.96. The highest BCUT2D eigenvalue weighted by molar-refractivity contribution is 7.89. The number of aromatic nitrogens is 1. The van der Waals surface area contributed by atoms with Crippen molar-refractivity contribution >= 4 is 27.4 Å². The smallest absolute Gasteiger partial charge is 0.245 e. The highest BCUT2D eigenvalue weighted by Crippen LogP contribution is 2.34. The number of ether oxygens (including phenoxy) is 1. The molecule has 0 amide bonds. The number of rotatable bonds is 2. The lowest BCUT2D eigenvalue weighted by Crippen LogP contribution is -2.51. The summed E-state index contributed by atoms with van der Waals surface area (Å²) in [5.41, 5.74) is 5.52. The topological polar surface area (TPSA) is 85.5 Å². The number of nitrogens with zero attached hydrogens (tertiary/aromatic N) is 2. The molecule has 2 unspecified atom stereocenters. The zero-order chi connectivity index (χ0) is 14.3. The Morgan fingerprint density at radius 3 is 3.00 bits per heavy atom. The number of hydrogen-bond donors (Lipinski definition) is 1. The molecule has 3 rings (SSSR count). The van der Waals surface area contributed by atoms with Gasteiger partial charge in [-0.05, 0) is 25.3 Å². The van der Waals surface area contributed by atoms with Crippen LogP contribution in [0.1, 0.15) is 19.3 Å². The number of nitrogen functional groups attached to an aromatic ring is 1. The molecular weight excluding hydrogens is 302 g/mol. The normalized spacial score (nSPS) is 27.4. The molecule has 0 spiro atoms. The molecule has 0 aromatic carbocycles. The molecule has 1 aliphatic heterocycles. The summed E-state index contributed by atoms with van der Waals surface area (Å²) in [5, 5.41) is 0.155. The second kappa shape index (κ2) is 5.14. The quantitative estimate of drug-likeness (QED) is 0.887. The summed E-state index contributed by atoms with van der Waals surface area (Å²) in [6, 6.07) is 1.28. The van der Waals surface area contributed by atoms with Crippen LogP contribution in [-0.2, 0) is 14.8 Å². The zero-order valence-corrected chi connectivity index (χ0v) is 12.4. The Bertz CT molecular complexity index is 622. The SMILES string of the molecule is Nc1ncc(S(=O)(=O)N2CCOC3CCCC32)cc1Cl. The fourth-order valence-corrected chi connectivity index (χ4v) is 4.76. The van der Waals surface area contributed by atoms with Crippen molar-refractivity contribution in [1.82, 2.24) is 9.29 Å². The molecule has 110 valence electrons. The van der Waals surface area contributed by atoms with Crippen molar-refractivity contribution in [1.29, 1.82) is 0 Å². The van der Waals surface area contributed by atoms with Crippen LogP contribution in [0.25, 0.3) is 0 Å². The van der Waals surface area contributed by atoms with Crippen molar-refractivity contribution in [2.45, 2.75) is 36.3 Å². The average molecular weight is 318 g/mol. The summed E-state index contributed by atoms with van der Waals surface area (Å²) in [5.74, 6) is 0.131. The van der Waals surface area contributed by atoms with Gasteiger partial charge in [-0.1, -0.05) is 11.6 Å². The van der Waals surface area contributed by atoms with Crippen LogP contribution in [-0.4, -0.2) is 43.0 Å². The zero-order valence-electron chi connectivity index (χ0n) is 10.8. The highest BCUT2D eigenvalue weighted by atomic mass is 35.5. The van der Waals surface area contributed by atoms with Gasteiger partial charge in [-0.15, -0.1) is 0 Å². The molecule has 20 heavy (non-hydrogen) atoms. The summed E-state index contributed by atoms with van der Waals surface area (Å²) in [7, 11) is -3.60. The van der Waals surface area contributed by atoms with Gasteiger partial charge in [-0.3, -0.25) is 0 Å². The van der Waals surface area contributed by atoms with Crippen molar-refractivity contribution in [2.24, 2.45) is 0 Å². The van der Waals surface area contributed by atoms with Crippen LogP contribution in [0, 0.1) is 0 Å². The van der Waals surface area contributed by atoms with Crippen LogP contribution < -0.4 is 5.73 Å². The molecule has 2 aliphatic rings. The lowest BCUT2D eigenvalue weighted by Gasteiger charge is -2.36. The van der Waals surface area contributed by atoms with E-state index < -0.39 is 10.0 Å². The molecule has 2 N–H and O–H groups in total. The molecule has 0 radical (unpaired) electrons. The Morgan fingerprint density at radius 1 is 1.45 bits per heavy atom. The van der Waals surface area contributed by atoms with Gasteiger partial charge >= 0.3 is 0 Å². The minimum atomic E-state index is -3.60. The van der Waals surface area contributed by atoms with E-state index in [1.54, 1.807) is 0 Å². The summed E-state index contributed by atoms with van der Waals surface area (Å²) in [6.45, 7) is 0.794. The van der Waals surface area contributed by atoms with Gasteiger partial charge in [0.15, 0.2) is 0 Å². The first-order valence-electron chi connectivity index (χ1n) is 6.54. The maximum absolute atomic E-state index is 12.7. The lowest BCUT2D eigenvalue weighted by atomic mass is 10.2. The highest BCUT2D eigenvalue weighted by Gasteiger charge is 2.42. The van der Waals surface area contributed by atoms with Crippen LogP contribution in [0.4, 0.5) is 5.82 Å². The Kier molecular flexibility index (Phi) is 3.62. The van der Waals surface area contributed by atoms with E-state index in [0.717, 1.165) is 19.3 Å². The van der Waals surface area contributed by atoms with Gasteiger partial charge in [-0.25, -0.2) is 13.4 Å². The van der Waals surface area contributed by atoms with E-state index in [1.807, 2.05) is 0 Å². The molecule has 1 saturated carbocycles. The number of morpholine rings is 1. The number of sulfonamides is 1. The number of anilines is 1. The summed E-state index contributed by atoms with van der Waals surface area (Å²) in [4.78, 5) is 3.92. The average Bonchev–Trinajstić information content (AvgIpc) is 2.89. The second-order valence-corrected chi connectivity index (χ2v) is 7.36. The largest absolute Gasteiger partial charge is 0.382 e. The van der Waals surface area contributed by atoms with E-state index in [4.69, 9.17) is 22.1 Å². The van der Waals surface area contributed by atoms with E-state index in [9.17, 15) is 8.42 Å². The van der Waals surface area contributed by atoms with Crippen molar-refractivity contribution in [3.63, 3.8) is 0 Å². The van der Waals surface area contributed by atoms with E-state index >= 15 is 0 Å². The molecule has 1 saturated heterocycles. The van der Waals surface area contributed by atoms with Gasteiger partial charge < -0.3 is 10.5 Å². The van der Waals surface area contributed by atoms with Gasteiger partial charge in [0, 0.05) is 12.7 Å². The molecule has 1 aromatic rings. The molecule has 1 aromatic heterocycles. The van der Waals surface area contributed by atoms with Crippen LogP contribution in [0.2, 0.25) is 5.02 Å². The van der Waals surface area contributed by atoms with Crippen molar-refractivity contribution < 1.29 is 13.2 Å². The van der Waals surface area contributed by atoms with E-state index in [0.29, 0.717) is 13.2 Å². The minimum Gasteiger partial charge on any atom is -0.382 e. The van der Waals surface area contributed by atoms with Crippen LogP contribution in [0.5, 0.6) is 0 Å². The maximum atomic E-state index is 12.7. The first-order valence-corrected chi connectivity index (χ1v) is 8.36. The van der Waals surface area contributed by atoms with Crippen LogP contribution in [0.15, 0.2) is 17.2 Å². The fourth-order valence-electron chi connectivity index (χ4n) is 2.90. The van der Waals surface area contributed by atoms with Gasteiger partial charge in [0.2, 0.25) is 10.0 Å². The predicted molar refractivity (Wildman–Crippen MR) is 74.9 cm³/mol. The van der Waals surface area contributed by atoms with Gasteiger partial charge in [0.05, 0.1) is 23.8 Å². The molecule has 2 heterocycles. The minimum absolute atomic E-state index is 0.00994. The molecule has 2 fully saturated rings. The van der Waals surface area contributed by atoms with E-state index in [-0.39, 0.29) is 27.9 Å². The number of pyridine rings is 1. The third kappa shape index (κ3) is 2.28. The van der Waals surface area contributed by atoms with Crippen LogP contribution in [0.3, 0.4) is 0 Å². The third-order valence-electron chi connectivity index (χ3n) is 3.88. The first-order chi connectivity index (χ1) is 9.50. The Labute approximate surface area is 122 Å². The van der Waals surface area contributed by atoms with Gasteiger partial charge in [0.25, 0.3) is 0 Å². The molecule has 8 heteroatoms. The summed E-state index contributed by atoms with van der Waals surface area (Å²) >= 11 is 5.87. The molecule has 0 bridgehead atoms. The second-order valence-electron chi connectivity index (χ2n) is 5.06. The fraction of sp³-hybridized carbons (Fsp3) is 0.583.